The number of nitrogens with zero attached hydrogens (tertiary/aromatic N) is 3. The van der Waals surface area contributed by atoms with Crippen LogP contribution in [0.15, 0.2) is 41.4 Å². The number of rotatable bonds is 5. The Morgan fingerprint density at radius 3 is 2.88 bits per heavy atom. The minimum Gasteiger partial charge on any atom is -0.256 e. The molecule has 0 aliphatic heterocycles. The molecule has 5 heteroatoms. The SMILES string of the molecule is [B-][CH+]Cc1cn(CSc2ccccc2)nn1. The van der Waals surface area contributed by atoms with Crippen molar-refractivity contribution in [2.45, 2.75) is 17.2 Å². The summed E-state index contributed by atoms with van der Waals surface area (Å²) in [7, 11) is 5.33. The van der Waals surface area contributed by atoms with E-state index in [4.69, 9.17) is 7.85 Å². The van der Waals surface area contributed by atoms with E-state index in [9.17, 15) is 0 Å². The van der Waals surface area contributed by atoms with Gasteiger partial charge in [-0.25, -0.2) is 11.0 Å². The molecule has 3 radical (unpaired) electrons. The van der Waals surface area contributed by atoms with E-state index in [1.165, 1.54) is 4.90 Å². The van der Waals surface area contributed by atoms with Gasteiger partial charge < -0.3 is 0 Å². The summed E-state index contributed by atoms with van der Waals surface area (Å²) in [6, 6.07) is 10.2. The lowest BCUT2D eigenvalue weighted by atomic mass is 10.0. The molecule has 0 unspecified atom stereocenters. The lowest BCUT2D eigenvalue weighted by Gasteiger charge is -1.99. The third kappa shape index (κ3) is 3.07. The van der Waals surface area contributed by atoms with Crippen molar-refractivity contribution in [3.05, 3.63) is 48.5 Å². The average molecular weight is 228 g/mol. The highest BCUT2D eigenvalue weighted by Gasteiger charge is 2.00. The minimum absolute atomic E-state index is 0.663. The normalized spacial score (nSPS) is 10.3. The molecule has 1 heterocycles. The van der Waals surface area contributed by atoms with Crippen LogP contribution in [0.3, 0.4) is 0 Å². The van der Waals surface area contributed by atoms with E-state index in [1.54, 1.807) is 18.1 Å². The molecule has 2 aromatic rings. The fourth-order valence-electron chi connectivity index (χ4n) is 1.27. The molecule has 0 atom stereocenters. The molecule has 1 aromatic carbocycles. The van der Waals surface area contributed by atoms with Gasteiger partial charge in [0.05, 0.1) is 18.5 Å². The standard InChI is InChI=1S/C11H11BN3S/c12-7-6-10-8-15(14-13-10)9-16-11-4-2-1-3-5-11/h1-5,7-8H,6,9H2. The Morgan fingerprint density at radius 2 is 2.12 bits per heavy atom. The fourth-order valence-corrected chi connectivity index (χ4v) is 2.03. The van der Waals surface area contributed by atoms with Gasteiger partial charge in [-0.3, -0.25) is 7.85 Å². The minimum atomic E-state index is 0.663. The van der Waals surface area contributed by atoms with Gasteiger partial charge in [0.15, 0.2) is 0 Å². The van der Waals surface area contributed by atoms with Crippen LogP contribution in [0.25, 0.3) is 0 Å². The second kappa shape index (κ2) is 5.65. The Labute approximate surface area is 101 Å². The summed E-state index contributed by atoms with van der Waals surface area (Å²) in [6.45, 7) is 0. The number of hydrogen-bond acceptors (Lipinski definition) is 3. The molecular formula is C11H11BN3S. The molecule has 0 spiro atoms. The smallest absolute Gasteiger partial charge is 0.122 e. The predicted octanol–water partition coefficient (Wildman–Crippen LogP) is 1.90. The number of hydrogen-bond donors (Lipinski definition) is 0. The molecule has 0 aliphatic rings. The van der Waals surface area contributed by atoms with Crippen molar-refractivity contribution in [2.24, 2.45) is 0 Å². The Bertz CT molecular complexity index is 430. The van der Waals surface area contributed by atoms with Gasteiger partial charge >= 0.3 is 0 Å². The Hall–Kier alpha value is -1.36. The predicted molar refractivity (Wildman–Crippen MR) is 66.1 cm³/mol. The molecule has 16 heavy (non-hydrogen) atoms. The first-order chi connectivity index (χ1) is 7.88. The first kappa shape index (κ1) is 11.1. The molecule has 0 aliphatic carbocycles. The number of thioether (sulfide) groups is 1. The van der Waals surface area contributed by atoms with E-state index in [-0.39, 0.29) is 0 Å². The molecule has 0 N–H and O–H groups in total. The highest BCUT2D eigenvalue weighted by molar-refractivity contribution is 7.98. The lowest BCUT2D eigenvalue weighted by Crippen LogP contribution is -1.94. The van der Waals surface area contributed by atoms with E-state index in [2.05, 4.69) is 22.4 Å². The number of aromatic nitrogens is 3. The van der Waals surface area contributed by atoms with Crippen molar-refractivity contribution in [1.29, 1.82) is 0 Å². The van der Waals surface area contributed by atoms with Crippen LogP contribution in [-0.2, 0) is 12.3 Å². The van der Waals surface area contributed by atoms with Crippen molar-refractivity contribution < 1.29 is 0 Å². The van der Waals surface area contributed by atoms with Crippen molar-refractivity contribution in [2.75, 3.05) is 0 Å². The molecule has 2 rings (SSSR count). The second-order valence-electron chi connectivity index (χ2n) is 3.28. The molecule has 79 valence electrons. The van der Waals surface area contributed by atoms with Gasteiger partial charge in [0.2, 0.25) is 0 Å². The summed E-state index contributed by atoms with van der Waals surface area (Å²) in [5.74, 6) is 0.765. The van der Waals surface area contributed by atoms with Crippen LogP contribution in [0.4, 0.5) is 0 Å². The molecule has 0 fully saturated rings. The van der Waals surface area contributed by atoms with Crippen LogP contribution < -0.4 is 0 Å². The van der Waals surface area contributed by atoms with Crippen LogP contribution in [-0.4, -0.2) is 22.8 Å². The van der Waals surface area contributed by atoms with Crippen LogP contribution in [0.2, 0.25) is 0 Å². The summed E-state index contributed by atoms with van der Waals surface area (Å²) in [5.41, 5.74) is 0.899. The van der Waals surface area contributed by atoms with Crippen molar-refractivity contribution >= 4 is 19.6 Å². The van der Waals surface area contributed by atoms with Gasteiger partial charge in [-0.15, -0.1) is 16.9 Å². The largest absolute Gasteiger partial charge is 0.256 e. The molecule has 0 bridgehead atoms. The van der Waals surface area contributed by atoms with E-state index in [0.29, 0.717) is 6.42 Å². The lowest BCUT2D eigenvalue weighted by molar-refractivity contribution is 0.700. The maximum Gasteiger partial charge on any atom is 0.122 e. The summed E-state index contributed by atoms with van der Waals surface area (Å²) in [5, 5.41) is 8.03. The van der Waals surface area contributed by atoms with Crippen LogP contribution >= 0.6 is 11.8 Å². The van der Waals surface area contributed by atoms with E-state index < -0.39 is 0 Å². The monoisotopic (exact) mass is 228 g/mol. The van der Waals surface area contributed by atoms with E-state index in [0.717, 1.165) is 11.6 Å². The maximum absolute atomic E-state index is 5.33. The highest BCUT2D eigenvalue weighted by Crippen LogP contribution is 2.18. The molecule has 3 nitrogen and oxygen atoms in total. The van der Waals surface area contributed by atoms with Crippen LogP contribution in [0.5, 0.6) is 0 Å². The average Bonchev–Trinajstić information content (AvgIpc) is 2.76. The Morgan fingerprint density at radius 1 is 1.31 bits per heavy atom. The molecule has 1 aromatic heterocycles. The van der Waals surface area contributed by atoms with Crippen LogP contribution in [0, 0.1) is 6.32 Å². The van der Waals surface area contributed by atoms with E-state index >= 15 is 0 Å². The fraction of sp³-hybridized carbons (Fsp3) is 0.182. The molecule has 0 saturated heterocycles. The quantitative estimate of drug-likeness (QED) is 0.445. The molecule has 0 saturated carbocycles. The third-order valence-corrected chi connectivity index (χ3v) is 3.02. The Balaban J connectivity index is 1.89. The van der Waals surface area contributed by atoms with Gasteiger partial charge in [-0.2, -0.15) is 0 Å². The molecule has 0 amide bonds. The van der Waals surface area contributed by atoms with Gasteiger partial charge in [-0.1, -0.05) is 23.4 Å². The first-order valence-corrected chi connectivity index (χ1v) is 5.97. The zero-order valence-electron chi connectivity index (χ0n) is 8.78. The Kier molecular flexibility index (Phi) is 3.94. The summed E-state index contributed by atoms with van der Waals surface area (Å²) < 4.78 is 1.82. The highest BCUT2D eigenvalue weighted by atomic mass is 32.2. The topological polar surface area (TPSA) is 30.7 Å². The van der Waals surface area contributed by atoms with Gasteiger partial charge in [-0.05, 0) is 12.1 Å². The van der Waals surface area contributed by atoms with Gasteiger partial charge in [0, 0.05) is 4.90 Å². The third-order valence-electron chi connectivity index (χ3n) is 2.02. The van der Waals surface area contributed by atoms with Crippen molar-refractivity contribution in [1.82, 2.24) is 15.0 Å². The zero-order chi connectivity index (χ0) is 11.2. The summed E-state index contributed by atoms with van der Waals surface area (Å²) in [4.78, 5) is 1.23. The van der Waals surface area contributed by atoms with Crippen molar-refractivity contribution in [3.63, 3.8) is 0 Å². The number of benzene rings is 1. The van der Waals surface area contributed by atoms with E-state index in [1.807, 2.05) is 29.1 Å². The maximum atomic E-state index is 5.33. The summed E-state index contributed by atoms with van der Waals surface area (Å²) >= 11 is 1.72. The van der Waals surface area contributed by atoms with Gasteiger partial charge in [0.25, 0.3) is 0 Å². The second-order valence-corrected chi connectivity index (χ2v) is 4.29. The molecular weight excluding hydrogens is 217 g/mol. The van der Waals surface area contributed by atoms with Crippen molar-refractivity contribution in [3.8, 4) is 0 Å². The zero-order valence-corrected chi connectivity index (χ0v) is 9.60. The summed E-state index contributed by atoms with van der Waals surface area (Å²) in [6.07, 6.45) is 4.16. The van der Waals surface area contributed by atoms with Crippen LogP contribution in [0.1, 0.15) is 5.69 Å². The first-order valence-electron chi connectivity index (χ1n) is 4.99. The van der Waals surface area contributed by atoms with Gasteiger partial charge in [0.1, 0.15) is 5.69 Å².